The van der Waals surface area contributed by atoms with Crippen LogP contribution >= 0.6 is 11.8 Å². The first-order valence-electron chi connectivity index (χ1n) is 10.4. The lowest BCUT2D eigenvalue weighted by Gasteiger charge is -2.24. The average molecular weight is 526 g/mol. The van der Waals surface area contributed by atoms with Crippen LogP contribution in [0.4, 0.5) is 14.5 Å². The van der Waals surface area contributed by atoms with Gasteiger partial charge in [-0.25, -0.2) is 13.4 Å². The summed E-state index contributed by atoms with van der Waals surface area (Å²) in [5.41, 5.74) is 0.409. The van der Waals surface area contributed by atoms with Gasteiger partial charge in [-0.15, -0.1) is 0 Å². The Labute approximate surface area is 204 Å². The van der Waals surface area contributed by atoms with Crippen molar-refractivity contribution >= 4 is 50.3 Å². The zero-order valence-electron chi connectivity index (χ0n) is 18.5. The number of carbonyl (C=O) groups is 2. The Kier molecular flexibility index (Phi) is 7.26. The van der Waals surface area contributed by atoms with Crippen molar-refractivity contribution in [3.8, 4) is 5.75 Å². The van der Waals surface area contributed by atoms with Gasteiger partial charge in [0.1, 0.15) is 17.2 Å². The maximum atomic E-state index is 13.1. The lowest BCUT2D eigenvalue weighted by molar-refractivity contribution is -0.128. The number of hydrogen-bond donors (Lipinski definition) is 0. The number of hydrogen-bond acceptors (Lipinski definition) is 8. The van der Waals surface area contributed by atoms with Crippen LogP contribution in [-0.4, -0.2) is 67.3 Å². The molecular formula is C22H21F2N3O6S2. The van der Waals surface area contributed by atoms with Crippen molar-refractivity contribution in [2.75, 3.05) is 29.2 Å². The second-order valence-electron chi connectivity index (χ2n) is 7.80. The summed E-state index contributed by atoms with van der Waals surface area (Å²) in [6, 6.07) is 8.36. The smallest absolute Gasteiger partial charge is 0.387 e. The SMILES string of the molecule is CN(C(=O)CSC1=N/C(=C\c2ccco2)C(=O)N1c1ccc(OC(F)F)cc1)[C@H]1CCS(=O)(=O)C1. The van der Waals surface area contributed by atoms with E-state index in [0.717, 1.165) is 11.8 Å². The molecule has 4 rings (SSSR count). The van der Waals surface area contributed by atoms with Gasteiger partial charge in [-0.3, -0.25) is 14.5 Å². The number of amidine groups is 1. The Hall–Kier alpha value is -3.19. The largest absolute Gasteiger partial charge is 0.465 e. The number of ether oxygens (including phenoxy) is 1. The van der Waals surface area contributed by atoms with Crippen LogP contribution in [0.1, 0.15) is 12.2 Å². The van der Waals surface area contributed by atoms with Gasteiger partial charge in [0.15, 0.2) is 15.0 Å². The minimum atomic E-state index is -3.15. The number of sulfone groups is 1. The Morgan fingerprint density at radius 3 is 2.69 bits per heavy atom. The van der Waals surface area contributed by atoms with E-state index in [0.29, 0.717) is 17.9 Å². The van der Waals surface area contributed by atoms with Crippen LogP contribution in [0, 0.1) is 0 Å². The molecule has 0 N–H and O–H groups in total. The monoisotopic (exact) mass is 525 g/mol. The van der Waals surface area contributed by atoms with Gasteiger partial charge in [0.2, 0.25) is 5.91 Å². The summed E-state index contributed by atoms with van der Waals surface area (Å²) in [7, 11) is -1.60. The van der Waals surface area contributed by atoms with Crippen molar-refractivity contribution in [2.24, 2.45) is 4.99 Å². The van der Waals surface area contributed by atoms with Crippen molar-refractivity contribution in [2.45, 2.75) is 19.1 Å². The van der Waals surface area contributed by atoms with Gasteiger partial charge < -0.3 is 14.1 Å². The number of alkyl halides is 2. The molecule has 1 saturated heterocycles. The molecule has 1 atom stereocenters. The lowest BCUT2D eigenvalue weighted by Crippen LogP contribution is -2.39. The fourth-order valence-corrected chi connectivity index (χ4v) is 6.33. The second kappa shape index (κ2) is 10.2. The number of benzene rings is 1. The van der Waals surface area contributed by atoms with Gasteiger partial charge in [0, 0.05) is 19.2 Å². The summed E-state index contributed by atoms with van der Waals surface area (Å²) in [4.78, 5) is 32.9. The van der Waals surface area contributed by atoms with E-state index in [1.807, 2.05) is 0 Å². The number of amides is 2. The standard InChI is InChI=1S/C22H21F2N3O6S2/c1-26(15-8-10-35(30,31)13-15)19(28)12-34-22-25-18(11-17-3-2-9-32-17)20(29)27(22)14-4-6-16(7-5-14)33-21(23)24/h2-7,9,11,15,21H,8,10,12-13H2,1H3/b18-11-/t15-/m0/s1. The van der Waals surface area contributed by atoms with E-state index in [9.17, 15) is 26.8 Å². The summed E-state index contributed by atoms with van der Waals surface area (Å²) in [5, 5.41) is 0.205. The van der Waals surface area contributed by atoms with Gasteiger partial charge in [0.25, 0.3) is 5.91 Å². The van der Waals surface area contributed by atoms with Crippen LogP contribution in [0.3, 0.4) is 0 Å². The molecule has 13 heteroatoms. The van der Waals surface area contributed by atoms with E-state index in [-0.39, 0.29) is 39.8 Å². The Bertz CT molecular complexity index is 1260. The van der Waals surface area contributed by atoms with Crippen molar-refractivity contribution in [1.29, 1.82) is 0 Å². The average Bonchev–Trinajstić information content (AvgIpc) is 3.52. The quantitative estimate of drug-likeness (QED) is 0.511. The highest BCUT2D eigenvalue weighted by atomic mass is 32.2. The van der Waals surface area contributed by atoms with Crippen molar-refractivity contribution in [1.82, 2.24) is 4.90 Å². The Morgan fingerprint density at radius 1 is 1.34 bits per heavy atom. The molecule has 186 valence electrons. The maximum absolute atomic E-state index is 13.1. The first kappa shape index (κ1) is 24.9. The number of aliphatic imine (C=N–C) groups is 1. The van der Waals surface area contributed by atoms with E-state index in [2.05, 4.69) is 9.73 Å². The third-order valence-electron chi connectivity index (χ3n) is 5.45. The minimum Gasteiger partial charge on any atom is -0.465 e. The molecule has 0 aliphatic carbocycles. The van der Waals surface area contributed by atoms with Gasteiger partial charge >= 0.3 is 6.61 Å². The summed E-state index contributed by atoms with van der Waals surface area (Å²) in [5.74, 6) is -0.585. The highest BCUT2D eigenvalue weighted by Crippen LogP contribution is 2.31. The summed E-state index contributed by atoms with van der Waals surface area (Å²) in [6.45, 7) is -2.98. The van der Waals surface area contributed by atoms with E-state index in [1.165, 1.54) is 46.4 Å². The fourth-order valence-electron chi connectivity index (χ4n) is 3.62. The third kappa shape index (κ3) is 5.90. The van der Waals surface area contributed by atoms with Crippen LogP contribution in [0.15, 0.2) is 57.8 Å². The Morgan fingerprint density at radius 2 is 2.09 bits per heavy atom. The number of furan rings is 1. The highest BCUT2D eigenvalue weighted by molar-refractivity contribution is 8.14. The lowest BCUT2D eigenvalue weighted by atomic mass is 10.2. The van der Waals surface area contributed by atoms with Crippen LogP contribution < -0.4 is 9.64 Å². The topological polar surface area (TPSA) is 109 Å². The second-order valence-corrected chi connectivity index (χ2v) is 11.0. The number of halogens is 2. The van der Waals surface area contributed by atoms with Crippen molar-refractivity contribution in [3.63, 3.8) is 0 Å². The molecule has 0 spiro atoms. The molecular weight excluding hydrogens is 504 g/mol. The normalized spacial score (nSPS) is 20.5. The summed E-state index contributed by atoms with van der Waals surface area (Å²) >= 11 is 1.01. The van der Waals surface area contributed by atoms with E-state index in [1.54, 1.807) is 19.2 Å². The van der Waals surface area contributed by atoms with Gasteiger partial charge in [-0.2, -0.15) is 8.78 Å². The van der Waals surface area contributed by atoms with Gasteiger partial charge in [-0.05, 0) is 42.8 Å². The predicted octanol–water partition coefficient (Wildman–Crippen LogP) is 3.00. The highest BCUT2D eigenvalue weighted by Gasteiger charge is 2.35. The molecule has 2 aromatic rings. The molecule has 1 aromatic heterocycles. The van der Waals surface area contributed by atoms with Crippen LogP contribution in [0.2, 0.25) is 0 Å². The van der Waals surface area contributed by atoms with Crippen molar-refractivity contribution < 1.29 is 35.9 Å². The maximum Gasteiger partial charge on any atom is 0.387 e. The number of anilines is 1. The number of nitrogens with zero attached hydrogens (tertiary/aromatic N) is 3. The number of thioether (sulfide) groups is 1. The van der Waals surface area contributed by atoms with Gasteiger partial charge in [0.05, 0.1) is 29.2 Å². The molecule has 1 aromatic carbocycles. The zero-order chi connectivity index (χ0) is 25.2. The molecule has 0 bridgehead atoms. The minimum absolute atomic E-state index is 0.0453. The van der Waals surface area contributed by atoms with E-state index in [4.69, 9.17) is 4.42 Å². The van der Waals surface area contributed by atoms with E-state index >= 15 is 0 Å². The first-order chi connectivity index (χ1) is 16.6. The third-order valence-corrected chi connectivity index (χ3v) is 8.12. The van der Waals surface area contributed by atoms with Crippen LogP contribution in [0.25, 0.3) is 6.08 Å². The number of rotatable bonds is 7. The fraction of sp³-hybridized carbons (Fsp3) is 0.318. The predicted molar refractivity (Wildman–Crippen MR) is 127 cm³/mol. The molecule has 2 amide bonds. The molecule has 35 heavy (non-hydrogen) atoms. The summed E-state index contributed by atoms with van der Waals surface area (Å²) in [6.07, 6.45) is 3.28. The molecule has 9 nitrogen and oxygen atoms in total. The number of carbonyl (C=O) groups excluding carboxylic acids is 2. The van der Waals surface area contributed by atoms with E-state index < -0.39 is 28.4 Å². The summed E-state index contributed by atoms with van der Waals surface area (Å²) < 4.78 is 58.1. The van der Waals surface area contributed by atoms with Gasteiger partial charge in [-0.1, -0.05) is 11.8 Å². The molecule has 3 heterocycles. The molecule has 0 saturated carbocycles. The van der Waals surface area contributed by atoms with Crippen molar-refractivity contribution in [3.05, 3.63) is 54.1 Å². The molecule has 2 aliphatic heterocycles. The Balaban J connectivity index is 1.53. The molecule has 1 fully saturated rings. The first-order valence-corrected chi connectivity index (χ1v) is 13.3. The molecule has 2 aliphatic rings. The molecule has 0 unspecified atom stereocenters. The zero-order valence-corrected chi connectivity index (χ0v) is 20.1. The van der Waals surface area contributed by atoms with Crippen LogP contribution in [0.5, 0.6) is 5.75 Å². The van der Waals surface area contributed by atoms with Crippen LogP contribution in [-0.2, 0) is 19.4 Å². The molecule has 0 radical (unpaired) electrons.